The third-order valence-electron chi connectivity index (χ3n) is 3.48. The quantitative estimate of drug-likeness (QED) is 0.840. The summed E-state index contributed by atoms with van der Waals surface area (Å²) in [6, 6.07) is 12.1. The highest BCUT2D eigenvalue weighted by molar-refractivity contribution is 5.46. The first-order chi connectivity index (χ1) is 10.2. The van der Waals surface area contributed by atoms with E-state index >= 15 is 0 Å². The molecule has 1 heterocycles. The van der Waals surface area contributed by atoms with E-state index in [0.29, 0.717) is 11.4 Å². The van der Waals surface area contributed by atoms with Crippen LogP contribution in [-0.4, -0.2) is 10.2 Å². The van der Waals surface area contributed by atoms with Crippen LogP contribution >= 0.6 is 0 Å². The normalized spacial score (nSPS) is 11.7. The molecule has 4 nitrogen and oxygen atoms in total. The number of benzene rings is 1. The first kappa shape index (κ1) is 15.0. The van der Waals surface area contributed by atoms with Gasteiger partial charge in [-0.3, -0.25) is 0 Å². The number of hydrogen-bond donors (Lipinski definition) is 0. The maximum atomic E-state index is 9.44. The molecule has 0 bridgehead atoms. The van der Waals surface area contributed by atoms with Crippen molar-refractivity contribution in [3.63, 3.8) is 0 Å². The van der Waals surface area contributed by atoms with Crippen LogP contribution in [0.5, 0.6) is 5.88 Å². The van der Waals surface area contributed by atoms with Crippen molar-refractivity contribution in [2.45, 2.75) is 39.7 Å². The van der Waals surface area contributed by atoms with Gasteiger partial charge in [-0.1, -0.05) is 44.2 Å². The first-order valence-electron chi connectivity index (χ1n) is 7.21. The second kappa shape index (κ2) is 6.85. The Balaban J connectivity index is 2.35. The van der Waals surface area contributed by atoms with Crippen molar-refractivity contribution in [3.8, 4) is 11.9 Å². The Labute approximate surface area is 125 Å². The van der Waals surface area contributed by atoms with Crippen LogP contribution in [0.25, 0.3) is 0 Å². The molecule has 2 aromatic rings. The summed E-state index contributed by atoms with van der Waals surface area (Å²) in [6.07, 6.45) is 1.33. The fourth-order valence-corrected chi connectivity index (χ4v) is 2.31. The van der Waals surface area contributed by atoms with Gasteiger partial charge in [0.15, 0.2) is 0 Å². The summed E-state index contributed by atoms with van der Waals surface area (Å²) in [4.78, 5) is 0. The molecular weight excluding hydrogens is 262 g/mol. The molecule has 1 unspecified atom stereocenters. The average Bonchev–Trinajstić information content (AvgIpc) is 2.54. The predicted octanol–water partition coefficient (Wildman–Crippen LogP) is 3.61. The number of rotatable bonds is 5. The Hall–Kier alpha value is -2.41. The van der Waals surface area contributed by atoms with Gasteiger partial charge in [-0.05, 0) is 30.9 Å². The zero-order valence-corrected chi connectivity index (χ0v) is 12.6. The van der Waals surface area contributed by atoms with Gasteiger partial charge < -0.3 is 4.74 Å². The van der Waals surface area contributed by atoms with Crippen molar-refractivity contribution in [2.75, 3.05) is 0 Å². The van der Waals surface area contributed by atoms with E-state index < -0.39 is 0 Å². The van der Waals surface area contributed by atoms with Gasteiger partial charge in [-0.25, -0.2) is 0 Å². The van der Waals surface area contributed by atoms with Crippen LogP contribution in [0.3, 0.4) is 0 Å². The van der Waals surface area contributed by atoms with E-state index in [1.165, 1.54) is 0 Å². The van der Waals surface area contributed by atoms with E-state index in [4.69, 9.17) is 4.74 Å². The molecule has 0 spiro atoms. The van der Waals surface area contributed by atoms with Crippen molar-refractivity contribution in [3.05, 3.63) is 52.7 Å². The minimum atomic E-state index is -0.176. The fourth-order valence-electron chi connectivity index (χ4n) is 2.31. The molecule has 0 aliphatic carbocycles. The van der Waals surface area contributed by atoms with Crippen LogP contribution in [0.1, 0.15) is 49.3 Å². The van der Waals surface area contributed by atoms with Crippen LogP contribution < -0.4 is 4.74 Å². The highest BCUT2D eigenvalue weighted by atomic mass is 16.5. The van der Waals surface area contributed by atoms with Crippen molar-refractivity contribution in [1.82, 2.24) is 10.2 Å². The van der Waals surface area contributed by atoms with Crippen molar-refractivity contribution in [2.24, 2.45) is 0 Å². The van der Waals surface area contributed by atoms with Gasteiger partial charge in [0, 0.05) is 0 Å². The minimum Gasteiger partial charge on any atom is -0.468 e. The molecule has 4 heteroatoms. The molecule has 0 saturated carbocycles. The van der Waals surface area contributed by atoms with Crippen molar-refractivity contribution < 1.29 is 4.74 Å². The van der Waals surface area contributed by atoms with E-state index in [1.807, 2.05) is 51.1 Å². The van der Waals surface area contributed by atoms with Gasteiger partial charge in [0.1, 0.15) is 17.7 Å². The summed E-state index contributed by atoms with van der Waals surface area (Å²) in [7, 11) is 0. The van der Waals surface area contributed by atoms with Gasteiger partial charge in [0.25, 0.3) is 5.88 Å². The standard InChI is InChI=1S/C17H19N3O/c1-4-14-15(11-18)17(20-19-16(14)5-2)21-12(3)13-9-7-6-8-10-13/h6-10,12H,4-5H2,1-3H3. The summed E-state index contributed by atoms with van der Waals surface area (Å²) in [5, 5.41) is 17.7. The lowest BCUT2D eigenvalue weighted by atomic mass is 10.0. The third kappa shape index (κ3) is 3.19. The Bertz CT molecular complexity index is 647. The molecular formula is C17H19N3O. The molecule has 21 heavy (non-hydrogen) atoms. The van der Waals surface area contributed by atoms with Gasteiger partial charge in [0.2, 0.25) is 0 Å². The molecule has 0 aliphatic rings. The predicted molar refractivity (Wildman–Crippen MR) is 81.0 cm³/mol. The largest absolute Gasteiger partial charge is 0.468 e. The van der Waals surface area contributed by atoms with E-state index in [9.17, 15) is 5.26 Å². The van der Waals surface area contributed by atoms with Crippen molar-refractivity contribution >= 4 is 0 Å². The van der Waals surface area contributed by atoms with Crippen LogP contribution in [0.2, 0.25) is 0 Å². The molecule has 0 amide bonds. The summed E-state index contributed by atoms with van der Waals surface area (Å²) < 4.78 is 5.87. The van der Waals surface area contributed by atoms with E-state index in [2.05, 4.69) is 16.3 Å². The molecule has 108 valence electrons. The zero-order chi connectivity index (χ0) is 15.2. The molecule has 0 aliphatic heterocycles. The third-order valence-corrected chi connectivity index (χ3v) is 3.48. The van der Waals surface area contributed by atoms with E-state index in [-0.39, 0.29) is 6.10 Å². The molecule has 1 atom stereocenters. The zero-order valence-electron chi connectivity index (χ0n) is 12.6. The number of nitriles is 1. The number of aryl methyl sites for hydroxylation is 1. The van der Waals surface area contributed by atoms with Crippen molar-refractivity contribution in [1.29, 1.82) is 5.26 Å². The lowest BCUT2D eigenvalue weighted by Crippen LogP contribution is -2.10. The van der Waals surface area contributed by atoms with Gasteiger partial charge in [-0.2, -0.15) is 10.4 Å². The molecule has 0 saturated heterocycles. The summed E-state index contributed by atoms with van der Waals surface area (Å²) in [5.74, 6) is 0.322. The second-order valence-corrected chi connectivity index (χ2v) is 4.80. The minimum absolute atomic E-state index is 0.176. The number of ether oxygens (including phenoxy) is 1. The Kier molecular flexibility index (Phi) is 4.89. The summed E-state index contributed by atoms with van der Waals surface area (Å²) >= 11 is 0. The molecule has 0 fully saturated rings. The monoisotopic (exact) mass is 281 g/mol. The maximum absolute atomic E-state index is 9.44. The SMILES string of the molecule is CCc1nnc(OC(C)c2ccccc2)c(C#N)c1CC. The Morgan fingerprint density at radius 2 is 1.86 bits per heavy atom. The lowest BCUT2D eigenvalue weighted by molar-refractivity contribution is 0.213. The molecule has 1 aromatic carbocycles. The lowest BCUT2D eigenvalue weighted by Gasteiger charge is -2.16. The van der Waals surface area contributed by atoms with Crippen LogP contribution in [0.15, 0.2) is 30.3 Å². The molecule has 0 N–H and O–H groups in total. The summed E-state index contributed by atoms with van der Waals surface area (Å²) in [5.41, 5.74) is 3.35. The highest BCUT2D eigenvalue weighted by Gasteiger charge is 2.17. The fraction of sp³-hybridized carbons (Fsp3) is 0.353. The first-order valence-corrected chi connectivity index (χ1v) is 7.21. The number of aromatic nitrogens is 2. The Morgan fingerprint density at radius 3 is 2.43 bits per heavy atom. The Morgan fingerprint density at radius 1 is 1.14 bits per heavy atom. The topological polar surface area (TPSA) is 58.8 Å². The number of nitrogens with zero attached hydrogens (tertiary/aromatic N) is 3. The van der Waals surface area contributed by atoms with Crippen LogP contribution in [0, 0.1) is 11.3 Å². The van der Waals surface area contributed by atoms with Gasteiger partial charge in [-0.15, -0.1) is 5.10 Å². The molecule has 0 radical (unpaired) electrons. The molecule has 1 aromatic heterocycles. The van der Waals surface area contributed by atoms with E-state index in [0.717, 1.165) is 29.7 Å². The smallest absolute Gasteiger partial charge is 0.252 e. The van der Waals surface area contributed by atoms with Gasteiger partial charge in [0.05, 0.1) is 5.69 Å². The van der Waals surface area contributed by atoms with Crippen LogP contribution in [-0.2, 0) is 12.8 Å². The van der Waals surface area contributed by atoms with Crippen LogP contribution in [0.4, 0.5) is 0 Å². The number of hydrogen-bond acceptors (Lipinski definition) is 4. The highest BCUT2D eigenvalue weighted by Crippen LogP contribution is 2.26. The van der Waals surface area contributed by atoms with E-state index in [1.54, 1.807) is 0 Å². The van der Waals surface area contributed by atoms with Gasteiger partial charge >= 0.3 is 0 Å². The second-order valence-electron chi connectivity index (χ2n) is 4.80. The summed E-state index contributed by atoms with van der Waals surface area (Å²) in [6.45, 7) is 5.97. The molecule has 2 rings (SSSR count). The maximum Gasteiger partial charge on any atom is 0.252 e. The average molecular weight is 281 g/mol.